The van der Waals surface area contributed by atoms with E-state index in [-0.39, 0.29) is 29.9 Å². The molecule has 4 rings (SSSR count). The standard InChI is InChI=1S/C24H20ClF2N3O2S/c1-14-22(20-10-11-21(25)33-20)23(31)30(13-19(28)15-6-3-2-4-7-15)24(32)29(14)12-16-17(26)8-5-9-18(16)27/h2-11,19H,12-13,28H2,1H3/t19-/m0/s1. The van der Waals surface area contributed by atoms with Gasteiger partial charge < -0.3 is 5.73 Å². The number of hydrogen-bond donors (Lipinski definition) is 1. The zero-order valence-electron chi connectivity index (χ0n) is 17.6. The Morgan fingerprint density at radius 3 is 2.24 bits per heavy atom. The van der Waals surface area contributed by atoms with Crippen molar-refractivity contribution in [2.75, 3.05) is 0 Å². The van der Waals surface area contributed by atoms with Crippen LogP contribution in [0.3, 0.4) is 0 Å². The summed E-state index contributed by atoms with van der Waals surface area (Å²) in [6, 6.07) is 15.2. The van der Waals surface area contributed by atoms with Crippen LogP contribution < -0.4 is 17.0 Å². The second-order valence-electron chi connectivity index (χ2n) is 7.57. The van der Waals surface area contributed by atoms with Gasteiger partial charge in [-0.2, -0.15) is 0 Å². The summed E-state index contributed by atoms with van der Waals surface area (Å²) in [6.45, 7) is 1.09. The molecule has 33 heavy (non-hydrogen) atoms. The van der Waals surface area contributed by atoms with Crippen molar-refractivity contribution in [3.05, 3.63) is 114 Å². The molecule has 0 radical (unpaired) electrons. The first kappa shape index (κ1) is 23.1. The average molecular weight is 488 g/mol. The van der Waals surface area contributed by atoms with Crippen LogP contribution in [-0.4, -0.2) is 9.13 Å². The van der Waals surface area contributed by atoms with Crippen LogP contribution in [0.15, 0.2) is 70.3 Å². The summed E-state index contributed by atoms with van der Waals surface area (Å²) in [4.78, 5) is 27.4. The van der Waals surface area contributed by atoms with Crippen molar-refractivity contribution in [1.82, 2.24) is 9.13 Å². The smallest absolute Gasteiger partial charge is 0.322 e. The van der Waals surface area contributed by atoms with Gasteiger partial charge in [0.1, 0.15) is 11.6 Å². The molecular weight excluding hydrogens is 468 g/mol. The molecule has 0 fully saturated rings. The monoisotopic (exact) mass is 487 g/mol. The minimum absolute atomic E-state index is 0.103. The summed E-state index contributed by atoms with van der Waals surface area (Å²) in [5, 5.41) is 0. The number of thiophene rings is 1. The van der Waals surface area contributed by atoms with Gasteiger partial charge >= 0.3 is 5.69 Å². The number of nitrogens with zero attached hydrogens (tertiary/aromatic N) is 2. The van der Waals surface area contributed by atoms with Crippen LogP contribution in [0.4, 0.5) is 8.78 Å². The van der Waals surface area contributed by atoms with E-state index in [1.165, 1.54) is 22.0 Å². The zero-order chi connectivity index (χ0) is 23.7. The van der Waals surface area contributed by atoms with Crippen molar-refractivity contribution >= 4 is 22.9 Å². The van der Waals surface area contributed by atoms with E-state index in [0.29, 0.717) is 9.21 Å². The summed E-state index contributed by atoms with van der Waals surface area (Å²) in [5.41, 5.74) is 6.08. The third kappa shape index (κ3) is 4.55. The molecule has 170 valence electrons. The van der Waals surface area contributed by atoms with E-state index in [0.717, 1.165) is 22.3 Å². The molecule has 0 saturated heterocycles. The minimum atomic E-state index is -0.777. The zero-order valence-corrected chi connectivity index (χ0v) is 19.2. The van der Waals surface area contributed by atoms with Crippen molar-refractivity contribution in [3.8, 4) is 10.4 Å². The highest BCUT2D eigenvalue weighted by Gasteiger charge is 2.22. The highest BCUT2D eigenvalue weighted by Crippen LogP contribution is 2.31. The predicted octanol–water partition coefficient (Wildman–Crippen LogP) is 4.73. The molecule has 0 amide bonds. The molecule has 2 heterocycles. The first-order valence-electron chi connectivity index (χ1n) is 10.1. The van der Waals surface area contributed by atoms with Crippen LogP contribution in [0, 0.1) is 18.6 Å². The normalized spacial score (nSPS) is 12.2. The van der Waals surface area contributed by atoms with Crippen LogP contribution in [0.25, 0.3) is 10.4 Å². The van der Waals surface area contributed by atoms with Crippen molar-refractivity contribution in [2.45, 2.75) is 26.1 Å². The van der Waals surface area contributed by atoms with Crippen LogP contribution in [0.5, 0.6) is 0 Å². The summed E-state index contributed by atoms with van der Waals surface area (Å²) >= 11 is 7.26. The van der Waals surface area contributed by atoms with Crippen molar-refractivity contribution in [2.24, 2.45) is 5.73 Å². The molecule has 0 aliphatic rings. The van der Waals surface area contributed by atoms with Gasteiger partial charge in [0, 0.05) is 22.2 Å². The Bertz CT molecular complexity index is 1410. The van der Waals surface area contributed by atoms with E-state index in [2.05, 4.69) is 0 Å². The molecule has 2 aromatic heterocycles. The molecule has 0 aliphatic heterocycles. The second kappa shape index (κ2) is 9.43. The topological polar surface area (TPSA) is 70.0 Å². The fraction of sp³-hybridized carbons (Fsp3) is 0.167. The fourth-order valence-electron chi connectivity index (χ4n) is 3.72. The van der Waals surface area contributed by atoms with Crippen molar-refractivity contribution in [3.63, 3.8) is 0 Å². The van der Waals surface area contributed by atoms with E-state index >= 15 is 0 Å². The van der Waals surface area contributed by atoms with Gasteiger partial charge in [-0.1, -0.05) is 48.0 Å². The minimum Gasteiger partial charge on any atom is -0.322 e. The van der Waals surface area contributed by atoms with Gasteiger partial charge in [-0.3, -0.25) is 13.9 Å². The third-order valence-electron chi connectivity index (χ3n) is 5.49. The molecular formula is C24H20ClF2N3O2S. The maximum absolute atomic E-state index is 14.4. The Kier molecular flexibility index (Phi) is 6.60. The van der Waals surface area contributed by atoms with Crippen LogP contribution in [0.1, 0.15) is 22.9 Å². The van der Waals surface area contributed by atoms with E-state index in [4.69, 9.17) is 17.3 Å². The molecule has 2 N–H and O–H groups in total. The summed E-state index contributed by atoms with van der Waals surface area (Å²) < 4.78 is 31.4. The molecule has 0 unspecified atom stereocenters. The Morgan fingerprint density at radius 1 is 0.970 bits per heavy atom. The summed E-state index contributed by atoms with van der Waals surface area (Å²) in [6.07, 6.45) is 0. The highest BCUT2D eigenvalue weighted by molar-refractivity contribution is 7.19. The average Bonchev–Trinajstić information content (AvgIpc) is 3.22. The highest BCUT2D eigenvalue weighted by atomic mass is 35.5. The van der Waals surface area contributed by atoms with Gasteiger partial charge in [0.05, 0.1) is 23.0 Å². The van der Waals surface area contributed by atoms with Gasteiger partial charge in [-0.15, -0.1) is 11.3 Å². The SMILES string of the molecule is Cc1c(-c2ccc(Cl)s2)c(=O)n(C[C@H](N)c2ccccc2)c(=O)n1Cc1c(F)cccc1F. The first-order valence-corrected chi connectivity index (χ1v) is 11.3. The lowest BCUT2D eigenvalue weighted by Gasteiger charge is -2.19. The molecule has 0 bridgehead atoms. The maximum atomic E-state index is 14.4. The molecule has 9 heteroatoms. The molecule has 4 aromatic rings. The van der Waals surface area contributed by atoms with Crippen molar-refractivity contribution < 1.29 is 8.78 Å². The fourth-order valence-corrected chi connectivity index (χ4v) is 4.86. The third-order valence-corrected chi connectivity index (χ3v) is 6.74. The summed E-state index contributed by atoms with van der Waals surface area (Å²) in [5.74, 6) is -1.55. The van der Waals surface area contributed by atoms with Gasteiger partial charge in [0.15, 0.2) is 0 Å². The Balaban J connectivity index is 1.91. The van der Waals surface area contributed by atoms with Gasteiger partial charge in [0.25, 0.3) is 5.56 Å². The molecule has 2 aromatic carbocycles. The lowest BCUT2D eigenvalue weighted by atomic mass is 10.1. The number of halogens is 3. The van der Waals surface area contributed by atoms with Crippen LogP contribution in [0.2, 0.25) is 4.34 Å². The lowest BCUT2D eigenvalue weighted by Crippen LogP contribution is -2.44. The van der Waals surface area contributed by atoms with E-state index in [1.54, 1.807) is 31.2 Å². The Morgan fingerprint density at radius 2 is 1.64 bits per heavy atom. The van der Waals surface area contributed by atoms with Crippen molar-refractivity contribution in [1.29, 1.82) is 0 Å². The second-order valence-corrected chi connectivity index (χ2v) is 9.28. The summed E-state index contributed by atoms with van der Waals surface area (Å²) in [7, 11) is 0. The Hall–Kier alpha value is -3.07. The predicted molar refractivity (Wildman–Crippen MR) is 127 cm³/mol. The lowest BCUT2D eigenvalue weighted by molar-refractivity contribution is 0.493. The van der Waals surface area contributed by atoms with E-state index < -0.39 is 28.9 Å². The Labute approximate surface area is 197 Å². The molecule has 0 saturated carbocycles. The molecule has 5 nitrogen and oxygen atoms in total. The van der Waals surface area contributed by atoms with Gasteiger partial charge in [-0.25, -0.2) is 13.6 Å². The molecule has 0 spiro atoms. The van der Waals surface area contributed by atoms with Crippen LogP contribution in [-0.2, 0) is 13.1 Å². The molecule has 0 aliphatic carbocycles. The first-order chi connectivity index (χ1) is 15.8. The van der Waals surface area contributed by atoms with E-state index in [9.17, 15) is 18.4 Å². The quantitative estimate of drug-likeness (QED) is 0.427. The van der Waals surface area contributed by atoms with E-state index in [1.807, 2.05) is 18.2 Å². The number of aromatic nitrogens is 2. The number of hydrogen-bond acceptors (Lipinski definition) is 4. The largest absolute Gasteiger partial charge is 0.331 e. The van der Waals surface area contributed by atoms with Gasteiger partial charge in [-0.05, 0) is 36.8 Å². The number of nitrogens with two attached hydrogens (primary N) is 1. The van der Waals surface area contributed by atoms with Crippen LogP contribution >= 0.6 is 22.9 Å². The number of benzene rings is 2. The van der Waals surface area contributed by atoms with Gasteiger partial charge in [0.2, 0.25) is 0 Å². The number of rotatable bonds is 6. The maximum Gasteiger partial charge on any atom is 0.331 e. The molecule has 1 atom stereocenters.